The van der Waals surface area contributed by atoms with Gasteiger partial charge in [-0.2, -0.15) is 0 Å². The highest BCUT2D eigenvalue weighted by atomic mass is 16.2. The summed E-state index contributed by atoms with van der Waals surface area (Å²) in [5.41, 5.74) is 0.435. The van der Waals surface area contributed by atoms with Crippen LogP contribution in [0.1, 0.15) is 58.8 Å². The molecule has 1 amide bonds. The van der Waals surface area contributed by atoms with Crippen molar-refractivity contribution in [3.8, 4) is 0 Å². The summed E-state index contributed by atoms with van der Waals surface area (Å²) in [6, 6.07) is 1.41. The molecule has 0 saturated carbocycles. The van der Waals surface area contributed by atoms with Crippen LogP contribution in [-0.2, 0) is 4.79 Å². The molecule has 3 aliphatic rings. The first-order chi connectivity index (χ1) is 9.02. The molecule has 0 aromatic heterocycles. The summed E-state index contributed by atoms with van der Waals surface area (Å²) in [7, 11) is 0. The van der Waals surface area contributed by atoms with Crippen molar-refractivity contribution in [3.63, 3.8) is 0 Å². The number of piperidine rings is 2. The van der Waals surface area contributed by atoms with Gasteiger partial charge in [-0.05, 0) is 49.9 Å². The maximum absolute atomic E-state index is 12.4. The van der Waals surface area contributed by atoms with Gasteiger partial charge in [0.1, 0.15) is 0 Å². The molecule has 108 valence electrons. The molecule has 19 heavy (non-hydrogen) atoms. The number of carbonyl (C=O) groups is 1. The lowest BCUT2D eigenvalue weighted by Crippen LogP contribution is -2.43. The van der Waals surface area contributed by atoms with Gasteiger partial charge >= 0.3 is 0 Å². The van der Waals surface area contributed by atoms with E-state index in [1.807, 2.05) is 0 Å². The highest BCUT2D eigenvalue weighted by Gasteiger charge is 2.35. The highest BCUT2D eigenvalue weighted by molar-refractivity contribution is 5.76. The molecule has 0 spiro atoms. The molecule has 2 atom stereocenters. The van der Waals surface area contributed by atoms with Crippen LogP contribution >= 0.6 is 0 Å². The van der Waals surface area contributed by atoms with Gasteiger partial charge in [0.15, 0.2) is 0 Å². The maximum atomic E-state index is 12.4. The summed E-state index contributed by atoms with van der Waals surface area (Å²) in [6.07, 6.45) is 8.23. The van der Waals surface area contributed by atoms with Crippen molar-refractivity contribution in [1.82, 2.24) is 10.2 Å². The van der Waals surface area contributed by atoms with Crippen LogP contribution in [0, 0.1) is 11.3 Å². The quantitative estimate of drug-likeness (QED) is 0.831. The number of rotatable bonds is 2. The molecule has 3 nitrogen and oxygen atoms in total. The number of nitrogens with zero attached hydrogens (tertiary/aromatic N) is 1. The summed E-state index contributed by atoms with van der Waals surface area (Å²) in [5, 5.41) is 3.66. The molecule has 1 N–H and O–H groups in total. The second-order valence-corrected chi connectivity index (χ2v) is 7.72. The molecule has 0 radical (unpaired) electrons. The zero-order chi connectivity index (χ0) is 13.5. The molecule has 2 bridgehead atoms. The summed E-state index contributed by atoms with van der Waals surface area (Å²) >= 11 is 0. The van der Waals surface area contributed by atoms with Crippen molar-refractivity contribution >= 4 is 5.91 Å². The van der Waals surface area contributed by atoms with Gasteiger partial charge in [-0.25, -0.2) is 0 Å². The Labute approximate surface area is 117 Å². The first-order valence-corrected chi connectivity index (χ1v) is 8.06. The van der Waals surface area contributed by atoms with Gasteiger partial charge in [0.25, 0.3) is 0 Å². The molecule has 3 saturated heterocycles. The lowest BCUT2D eigenvalue weighted by Gasteiger charge is -2.38. The van der Waals surface area contributed by atoms with E-state index in [4.69, 9.17) is 0 Å². The third-order valence-electron chi connectivity index (χ3n) is 5.50. The molecule has 0 aromatic rings. The fraction of sp³-hybridized carbons (Fsp3) is 0.938. The van der Waals surface area contributed by atoms with E-state index in [0.29, 0.717) is 29.3 Å². The Morgan fingerprint density at radius 2 is 1.74 bits per heavy atom. The normalized spacial score (nSPS) is 37.4. The number of carbonyl (C=O) groups excluding carboxylic acids is 1. The van der Waals surface area contributed by atoms with E-state index >= 15 is 0 Å². The topological polar surface area (TPSA) is 32.3 Å². The van der Waals surface area contributed by atoms with E-state index in [9.17, 15) is 4.79 Å². The van der Waals surface area contributed by atoms with E-state index in [-0.39, 0.29) is 0 Å². The Morgan fingerprint density at radius 1 is 1.16 bits per heavy atom. The van der Waals surface area contributed by atoms with E-state index in [2.05, 4.69) is 24.1 Å². The van der Waals surface area contributed by atoms with Gasteiger partial charge in [-0.1, -0.05) is 13.8 Å². The summed E-state index contributed by atoms with van der Waals surface area (Å²) < 4.78 is 0. The number of amides is 1. The van der Waals surface area contributed by atoms with Crippen LogP contribution in [0.5, 0.6) is 0 Å². The maximum Gasteiger partial charge on any atom is 0.222 e. The van der Waals surface area contributed by atoms with Crippen LogP contribution in [0.4, 0.5) is 0 Å². The fourth-order valence-corrected chi connectivity index (χ4v) is 4.08. The van der Waals surface area contributed by atoms with Crippen LogP contribution in [0.2, 0.25) is 0 Å². The number of fused-ring (bicyclic) bond motifs is 2. The van der Waals surface area contributed by atoms with Gasteiger partial charge in [0, 0.05) is 31.6 Å². The van der Waals surface area contributed by atoms with Crippen molar-refractivity contribution in [3.05, 3.63) is 0 Å². The third kappa shape index (κ3) is 3.13. The van der Waals surface area contributed by atoms with Crippen molar-refractivity contribution in [2.24, 2.45) is 11.3 Å². The average Bonchev–Trinajstić information content (AvgIpc) is 2.68. The molecule has 3 rings (SSSR count). The third-order valence-corrected chi connectivity index (χ3v) is 5.50. The molecule has 0 aliphatic carbocycles. The molecule has 0 aromatic carbocycles. The first-order valence-electron chi connectivity index (χ1n) is 8.06. The summed E-state index contributed by atoms with van der Waals surface area (Å²) in [5.74, 6) is 1.06. The van der Waals surface area contributed by atoms with Gasteiger partial charge in [-0.3, -0.25) is 4.79 Å². The van der Waals surface area contributed by atoms with Crippen LogP contribution in [0.3, 0.4) is 0 Å². The van der Waals surface area contributed by atoms with Crippen molar-refractivity contribution in [1.29, 1.82) is 0 Å². The molecule has 3 aliphatic heterocycles. The number of hydrogen-bond donors (Lipinski definition) is 1. The second-order valence-electron chi connectivity index (χ2n) is 7.72. The predicted molar refractivity (Wildman–Crippen MR) is 76.9 cm³/mol. The van der Waals surface area contributed by atoms with E-state index in [1.165, 1.54) is 25.7 Å². The number of likely N-dealkylation sites (tertiary alicyclic amines) is 1. The number of nitrogens with one attached hydrogen (secondary N) is 1. The molecule has 2 unspecified atom stereocenters. The monoisotopic (exact) mass is 264 g/mol. The van der Waals surface area contributed by atoms with E-state index in [1.54, 1.807) is 0 Å². The largest absolute Gasteiger partial charge is 0.343 e. The highest BCUT2D eigenvalue weighted by Crippen LogP contribution is 2.34. The standard InChI is InChI=1S/C16H28N2O/c1-16(2)5-7-18(8-6-16)15(19)11-12-9-13-3-4-14(10-12)17-13/h12-14,17H,3-11H2,1-2H3. The minimum atomic E-state index is 0.418. The SMILES string of the molecule is CC1(C)CCN(C(=O)CC2CC3CCC(C2)N3)CC1. The smallest absolute Gasteiger partial charge is 0.222 e. The minimum absolute atomic E-state index is 0.418. The van der Waals surface area contributed by atoms with Crippen LogP contribution in [-0.4, -0.2) is 36.0 Å². The Balaban J connectivity index is 1.49. The summed E-state index contributed by atoms with van der Waals surface area (Å²) in [4.78, 5) is 14.5. The van der Waals surface area contributed by atoms with E-state index in [0.717, 1.165) is 32.4 Å². The molecule has 3 heterocycles. The summed E-state index contributed by atoms with van der Waals surface area (Å²) in [6.45, 7) is 6.59. The average molecular weight is 264 g/mol. The first kappa shape index (κ1) is 13.4. The molecular formula is C16H28N2O. The van der Waals surface area contributed by atoms with Gasteiger partial charge in [-0.15, -0.1) is 0 Å². The van der Waals surface area contributed by atoms with Crippen LogP contribution in [0.15, 0.2) is 0 Å². The zero-order valence-electron chi connectivity index (χ0n) is 12.5. The molecule has 3 fully saturated rings. The van der Waals surface area contributed by atoms with Crippen molar-refractivity contribution < 1.29 is 4.79 Å². The van der Waals surface area contributed by atoms with Gasteiger partial charge < -0.3 is 10.2 Å². The van der Waals surface area contributed by atoms with Crippen molar-refractivity contribution in [2.45, 2.75) is 70.9 Å². The number of hydrogen-bond acceptors (Lipinski definition) is 2. The Hall–Kier alpha value is -0.570. The minimum Gasteiger partial charge on any atom is -0.343 e. The van der Waals surface area contributed by atoms with Crippen molar-refractivity contribution in [2.75, 3.05) is 13.1 Å². The van der Waals surface area contributed by atoms with E-state index < -0.39 is 0 Å². The zero-order valence-corrected chi connectivity index (χ0v) is 12.5. The van der Waals surface area contributed by atoms with Crippen LogP contribution < -0.4 is 5.32 Å². The fourth-order valence-electron chi connectivity index (χ4n) is 4.08. The van der Waals surface area contributed by atoms with Gasteiger partial charge in [0.2, 0.25) is 5.91 Å². The lowest BCUT2D eigenvalue weighted by atomic mass is 9.82. The van der Waals surface area contributed by atoms with Crippen LogP contribution in [0.25, 0.3) is 0 Å². The predicted octanol–water partition coefficient (Wildman–Crippen LogP) is 2.56. The molecular weight excluding hydrogens is 236 g/mol. The Bertz CT molecular complexity index is 331. The molecule has 3 heteroatoms. The second kappa shape index (κ2) is 5.08. The lowest BCUT2D eigenvalue weighted by molar-refractivity contribution is -0.134. The Kier molecular flexibility index (Phi) is 3.59. The Morgan fingerprint density at radius 3 is 2.32 bits per heavy atom. The van der Waals surface area contributed by atoms with Gasteiger partial charge in [0.05, 0.1) is 0 Å².